The Kier molecular flexibility index (Phi) is 3.67. The summed E-state index contributed by atoms with van der Waals surface area (Å²) < 4.78 is 5.42. The summed E-state index contributed by atoms with van der Waals surface area (Å²) in [7, 11) is 0. The molecule has 0 amide bonds. The Bertz CT molecular complexity index is 160. The molecule has 4 atom stereocenters. The zero-order valence-corrected chi connectivity index (χ0v) is 8.05. The van der Waals surface area contributed by atoms with Gasteiger partial charge in [-0.3, -0.25) is 0 Å². The van der Waals surface area contributed by atoms with Gasteiger partial charge < -0.3 is 20.1 Å². The summed E-state index contributed by atoms with van der Waals surface area (Å²) >= 11 is 0. The highest BCUT2D eigenvalue weighted by Crippen LogP contribution is 2.24. The quantitative estimate of drug-likeness (QED) is 0.550. The normalized spacial score (nSPS) is 41.1. The molecule has 0 aromatic heterocycles. The molecule has 1 fully saturated rings. The van der Waals surface area contributed by atoms with Crippen LogP contribution in [-0.4, -0.2) is 46.3 Å². The number of rotatable bonds is 2. The number of hydrogen-bond acceptors (Lipinski definition) is 4. The lowest BCUT2D eigenvalue weighted by Gasteiger charge is -2.38. The molecule has 1 aliphatic rings. The zero-order valence-electron chi connectivity index (χ0n) is 8.05. The molecule has 0 aromatic carbocycles. The lowest BCUT2D eigenvalue weighted by Crippen LogP contribution is -2.51. The van der Waals surface area contributed by atoms with Crippen molar-refractivity contribution in [3.8, 4) is 0 Å². The van der Waals surface area contributed by atoms with Gasteiger partial charge in [0.25, 0.3) is 0 Å². The van der Waals surface area contributed by atoms with E-state index in [-0.39, 0.29) is 18.6 Å². The highest BCUT2D eigenvalue weighted by Gasteiger charge is 2.37. The first kappa shape index (κ1) is 10.9. The van der Waals surface area contributed by atoms with Crippen molar-refractivity contribution in [1.29, 1.82) is 0 Å². The van der Waals surface area contributed by atoms with Crippen LogP contribution in [0.1, 0.15) is 20.3 Å². The van der Waals surface area contributed by atoms with E-state index in [4.69, 9.17) is 9.84 Å². The molecule has 1 aliphatic heterocycles. The topological polar surface area (TPSA) is 69.9 Å². The van der Waals surface area contributed by atoms with E-state index in [1.54, 1.807) is 0 Å². The lowest BCUT2D eigenvalue weighted by molar-refractivity contribution is -0.189. The molecule has 1 rings (SSSR count). The van der Waals surface area contributed by atoms with E-state index in [0.29, 0.717) is 6.42 Å². The van der Waals surface area contributed by atoms with Gasteiger partial charge in [0.15, 0.2) is 0 Å². The average molecular weight is 190 g/mol. The van der Waals surface area contributed by atoms with Crippen molar-refractivity contribution < 1.29 is 20.1 Å². The third-order valence-electron chi connectivity index (χ3n) is 2.52. The van der Waals surface area contributed by atoms with Crippen molar-refractivity contribution in [3.05, 3.63) is 0 Å². The van der Waals surface area contributed by atoms with Gasteiger partial charge >= 0.3 is 0 Å². The number of aliphatic hydroxyl groups is 3. The lowest BCUT2D eigenvalue weighted by atomic mass is 9.92. The Hall–Kier alpha value is -0.160. The maximum Gasteiger partial charge on any atom is 0.109 e. The summed E-state index contributed by atoms with van der Waals surface area (Å²) in [4.78, 5) is 0. The van der Waals surface area contributed by atoms with Gasteiger partial charge in [0.05, 0.1) is 18.8 Å². The van der Waals surface area contributed by atoms with Gasteiger partial charge in [0.2, 0.25) is 0 Å². The standard InChI is InChI=1S/C9H18O4/c1-5(2)7-3-6(11)9(12)8(4-10)13-7/h5-12H,3-4H2,1-2H3/t6-,7-,8?,9?/m1/s1. The highest BCUT2D eigenvalue weighted by molar-refractivity contribution is 4.85. The number of aliphatic hydroxyl groups excluding tert-OH is 3. The van der Waals surface area contributed by atoms with Crippen LogP contribution in [0.3, 0.4) is 0 Å². The highest BCUT2D eigenvalue weighted by atomic mass is 16.5. The molecule has 4 heteroatoms. The Morgan fingerprint density at radius 3 is 2.46 bits per heavy atom. The van der Waals surface area contributed by atoms with Crippen molar-refractivity contribution >= 4 is 0 Å². The summed E-state index contributed by atoms with van der Waals surface area (Å²) in [6, 6.07) is 0. The minimum Gasteiger partial charge on any atom is -0.394 e. The second kappa shape index (κ2) is 4.37. The van der Waals surface area contributed by atoms with Gasteiger partial charge in [-0.1, -0.05) is 13.8 Å². The fraction of sp³-hybridized carbons (Fsp3) is 1.00. The Labute approximate surface area is 78.1 Å². The van der Waals surface area contributed by atoms with E-state index in [9.17, 15) is 10.2 Å². The monoisotopic (exact) mass is 190 g/mol. The first-order valence-electron chi connectivity index (χ1n) is 4.68. The van der Waals surface area contributed by atoms with Crippen LogP contribution in [0.4, 0.5) is 0 Å². The van der Waals surface area contributed by atoms with Crippen LogP contribution in [0.15, 0.2) is 0 Å². The minimum atomic E-state index is -0.958. The van der Waals surface area contributed by atoms with Crippen molar-refractivity contribution in [2.24, 2.45) is 5.92 Å². The summed E-state index contributed by atoms with van der Waals surface area (Å²) in [6.45, 7) is 3.73. The molecule has 0 saturated carbocycles. The molecule has 0 spiro atoms. The van der Waals surface area contributed by atoms with Crippen LogP contribution in [-0.2, 0) is 4.74 Å². The second-order valence-corrected chi connectivity index (χ2v) is 3.93. The maximum absolute atomic E-state index is 9.46. The van der Waals surface area contributed by atoms with E-state index in [2.05, 4.69) is 0 Å². The molecule has 4 nitrogen and oxygen atoms in total. The van der Waals surface area contributed by atoms with Gasteiger partial charge in [-0.25, -0.2) is 0 Å². The molecule has 0 radical (unpaired) electrons. The first-order valence-corrected chi connectivity index (χ1v) is 4.68. The first-order chi connectivity index (χ1) is 6.06. The van der Waals surface area contributed by atoms with Crippen LogP contribution >= 0.6 is 0 Å². The molecule has 2 unspecified atom stereocenters. The number of ether oxygens (including phenoxy) is 1. The fourth-order valence-electron chi connectivity index (χ4n) is 1.57. The Morgan fingerprint density at radius 2 is 2.00 bits per heavy atom. The fourth-order valence-corrected chi connectivity index (χ4v) is 1.57. The summed E-state index contributed by atoms with van der Waals surface area (Å²) in [6.07, 6.45) is -2.01. The summed E-state index contributed by atoms with van der Waals surface area (Å²) in [5.74, 6) is 0.288. The minimum absolute atomic E-state index is 0.0736. The molecule has 78 valence electrons. The van der Waals surface area contributed by atoms with Crippen LogP contribution in [0.2, 0.25) is 0 Å². The third kappa shape index (κ3) is 2.40. The second-order valence-electron chi connectivity index (χ2n) is 3.93. The average Bonchev–Trinajstić information content (AvgIpc) is 2.09. The number of hydrogen-bond donors (Lipinski definition) is 3. The summed E-state index contributed by atoms with van der Waals surface area (Å²) in [5.41, 5.74) is 0. The van der Waals surface area contributed by atoms with Crippen LogP contribution < -0.4 is 0 Å². The van der Waals surface area contributed by atoms with Crippen molar-refractivity contribution in [3.63, 3.8) is 0 Å². The Balaban J connectivity index is 2.58. The predicted octanol–water partition coefficient (Wildman–Crippen LogP) is -0.486. The molecule has 3 N–H and O–H groups in total. The van der Waals surface area contributed by atoms with Gasteiger partial charge in [0.1, 0.15) is 12.2 Å². The molecule has 13 heavy (non-hydrogen) atoms. The largest absolute Gasteiger partial charge is 0.394 e. The van der Waals surface area contributed by atoms with Crippen LogP contribution in [0.25, 0.3) is 0 Å². The van der Waals surface area contributed by atoms with Crippen molar-refractivity contribution in [1.82, 2.24) is 0 Å². The van der Waals surface area contributed by atoms with Crippen LogP contribution in [0, 0.1) is 5.92 Å². The molecule has 0 aliphatic carbocycles. The molecular formula is C9H18O4. The molecular weight excluding hydrogens is 172 g/mol. The molecule has 1 saturated heterocycles. The van der Waals surface area contributed by atoms with E-state index >= 15 is 0 Å². The van der Waals surface area contributed by atoms with Gasteiger partial charge in [-0.2, -0.15) is 0 Å². The van der Waals surface area contributed by atoms with E-state index in [1.807, 2.05) is 13.8 Å². The summed E-state index contributed by atoms with van der Waals surface area (Å²) in [5, 5.41) is 27.7. The van der Waals surface area contributed by atoms with Gasteiger partial charge in [-0.05, 0) is 5.92 Å². The maximum atomic E-state index is 9.46. The van der Waals surface area contributed by atoms with Crippen LogP contribution in [0.5, 0.6) is 0 Å². The van der Waals surface area contributed by atoms with Gasteiger partial charge in [0, 0.05) is 6.42 Å². The van der Waals surface area contributed by atoms with E-state index in [1.165, 1.54) is 0 Å². The van der Waals surface area contributed by atoms with Gasteiger partial charge in [-0.15, -0.1) is 0 Å². The molecule has 0 aromatic rings. The Morgan fingerprint density at radius 1 is 1.38 bits per heavy atom. The molecule has 1 heterocycles. The van der Waals surface area contributed by atoms with Crippen molar-refractivity contribution in [2.45, 2.75) is 44.7 Å². The van der Waals surface area contributed by atoms with E-state index < -0.39 is 18.3 Å². The zero-order chi connectivity index (χ0) is 10.0. The third-order valence-corrected chi connectivity index (χ3v) is 2.52. The van der Waals surface area contributed by atoms with Crippen molar-refractivity contribution in [2.75, 3.05) is 6.61 Å². The molecule has 0 bridgehead atoms. The SMILES string of the molecule is CC(C)[C@H]1C[C@@H](O)C(O)C(CO)O1. The van der Waals surface area contributed by atoms with E-state index in [0.717, 1.165) is 0 Å². The smallest absolute Gasteiger partial charge is 0.109 e. The predicted molar refractivity (Wildman–Crippen MR) is 47.2 cm³/mol.